The molecule has 0 N–H and O–H groups in total. The lowest BCUT2D eigenvalue weighted by molar-refractivity contribution is 0.209. The molecule has 3 rings (SSSR count). The van der Waals surface area contributed by atoms with Crippen molar-refractivity contribution in [1.82, 2.24) is 4.90 Å². The van der Waals surface area contributed by atoms with Crippen LogP contribution in [0.1, 0.15) is 20.3 Å². The van der Waals surface area contributed by atoms with Crippen molar-refractivity contribution in [2.45, 2.75) is 32.4 Å². The summed E-state index contributed by atoms with van der Waals surface area (Å²) in [7, 11) is -2.89. The van der Waals surface area contributed by atoms with Gasteiger partial charge >= 0.3 is 7.60 Å². The molecule has 5 heteroatoms. The van der Waals surface area contributed by atoms with Gasteiger partial charge in [0.15, 0.2) is 0 Å². The van der Waals surface area contributed by atoms with E-state index in [9.17, 15) is 4.57 Å². The van der Waals surface area contributed by atoms with E-state index in [1.54, 1.807) is 0 Å². The van der Waals surface area contributed by atoms with E-state index in [1.807, 2.05) is 13.8 Å². The number of nitrogens with zero attached hydrogens (tertiary/aromatic N) is 1. The van der Waals surface area contributed by atoms with Crippen LogP contribution in [0.5, 0.6) is 0 Å². The van der Waals surface area contributed by atoms with Gasteiger partial charge < -0.3 is 9.05 Å². The van der Waals surface area contributed by atoms with Crippen LogP contribution in [-0.2, 0) is 13.6 Å². The van der Waals surface area contributed by atoms with E-state index in [-0.39, 0.29) is 0 Å². The maximum Gasteiger partial charge on any atom is 0.344 e. The van der Waals surface area contributed by atoms with Gasteiger partial charge in [0.1, 0.15) is 6.29 Å². The fourth-order valence-electron chi connectivity index (χ4n) is 3.48. The normalized spacial score (nSPS) is 41.9. The standard InChI is InChI=1S/C12H20NO3P/c1-3-15-17(14,16-4-2)8-13-11-9-5-6-10(7-9)12(11)13/h5-6,9-12H,3-4,7-8H2,1-2H3/t9-,10+,11+,12-,13?. The molecule has 0 spiro atoms. The fraction of sp³-hybridized carbons (Fsp3) is 0.833. The van der Waals surface area contributed by atoms with Crippen LogP contribution in [0, 0.1) is 11.8 Å². The smallest absolute Gasteiger partial charge is 0.308 e. The Morgan fingerprint density at radius 1 is 1.18 bits per heavy atom. The van der Waals surface area contributed by atoms with Gasteiger partial charge in [0.25, 0.3) is 0 Å². The van der Waals surface area contributed by atoms with Crippen molar-refractivity contribution in [3.63, 3.8) is 0 Å². The topological polar surface area (TPSA) is 38.5 Å². The van der Waals surface area contributed by atoms with Crippen LogP contribution in [0.3, 0.4) is 0 Å². The number of hydrogen-bond donors (Lipinski definition) is 0. The van der Waals surface area contributed by atoms with Gasteiger partial charge in [0, 0.05) is 12.1 Å². The van der Waals surface area contributed by atoms with Gasteiger partial charge in [-0.05, 0) is 32.1 Å². The Morgan fingerprint density at radius 2 is 1.71 bits per heavy atom. The Balaban J connectivity index is 1.63. The molecule has 1 aliphatic heterocycles. The van der Waals surface area contributed by atoms with E-state index in [2.05, 4.69) is 17.1 Å². The molecule has 0 aromatic rings. The number of fused-ring (bicyclic) bond motifs is 5. The highest BCUT2D eigenvalue weighted by molar-refractivity contribution is 7.53. The van der Waals surface area contributed by atoms with Crippen LogP contribution in [0.2, 0.25) is 0 Å². The lowest BCUT2D eigenvalue weighted by atomic mass is 10.1. The van der Waals surface area contributed by atoms with Crippen molar-refractivity contribution >= 4 is 7.60 Å². The van der Waals surface area contributed by atoms with Crippen molar-refractivity contribution in [2.75, 3.05) is 19.5 Å². The molecular formula is C12H20NO3P. The Bertz CT molecular complexity index is 356. The van der Waals surface area contributed by atoms with Crippen LogP contribution in [0.25, 0.3) is 0 Å². The highest BCUT2D eigenvalue weighted by Gasteiger charge is 2.63. The van der Waals surface area contributed by atoms with Gasteiger partial charge in [-0.2, -0.15) is 0 Å². The highest BCUT2D eigenvalue weighted by atomic mass is 31.2. The zero-order valence-corrected chi connectivity index (χ0v) is 11.3. The molecule has 2 fully saturated rings. The molecule has 17 heavy (non-hydrogen) atoms. The molecule has 1 saturated heterocycles. The third-order valence-electron chi connectivity index (χ3n) is 4.04. The van der Waals surface area contributed by atoms with E-state index in [0.29, 0.717) is 43.4 Å². The molecule has 0 radical (unpaired) electrons. The summed E-state index contributed by atoms with van der Waals surface area (Å²) in [5.41, 5.74) is 0. The maximum absolute atomic E-state index is 12.4. The minimum atomic E-state index is -2.89. The number of hydrogen-bond acceptors (Lipinski definition) is 4. The first-order chi connectivity index (χ1) is 8.18. The minimum Gasteiger partial charge on any atom is -0.308 e. The second-order valence-corrected chi connectivity index (χ2v) is 7.05. The van der Waals surface area contributed by atoms with Crippen LogP contribution >= 0.6 is 7.60 Å². The van der Waals surface area contributed by atoms with Gasteiger partial charge in [-0.1, -0.05) is 12.2 Å². The van der Waals surface area contributed by atoms with Gasteiger partial charge in [-0.15, -0.1) is 0 Å². The van der Waals surface area contributed by atoms with Crippen LogP contribution in [-0.4, -0.2) is 36.5 Å². The van der Waals surface area contributed by atoms with Gasteiger partial charge in [0.05, 0.1) is 13.2 Å². The summed E-state index contributed by atoms with van der Waals surface area (Å²) < 4.78 is 23.1. The molecule has 4 nitrogen and oxygen atoms in total. The fourth-order valence-corrected chi connectivity index (χ4v) is 5.28. The minimum absolute atomic E-state index is 0.450. The molecule has 2 aliphatic carbocycles. The predicted molar refractivity (Wildman–Crippen MR) is 65.9 cm³/mol. The maximum atomic E-state index is 12.4. The molecule has 96 valence electrons. The highest BCUT2D eigenvalue weighted by Crippen LogP contribution is 2.60. The predicted octanol–water partition coefficient (Wildman–Crippen LogP) is 2.47. The van der Waals surface area contributed by atoms with Crippen molar-refractivity contribution in [1.29, 1.82) is 0 Å². The van der Waals surface area contributed by atoms with E-state index in [0.717, 1.165) is 0 Å². The molecule has 1 heterocycles. The molecule has 5 atom stereocenters. The van der Waals surface area contributed by atoms with Gasteiger partial charge in [0.2, 0.25) is 0 Å². The molecule has 2 bridgehead atoms. The largest absolute Gasteiger partial charge is 0.344 e. The quantitative estimate of drug-likeness (QED) is 0.416. The summed E-state index contributed by atoms with van der Waals surface area (Å²) in [5.74, 6) is 1.36. The lowest BCUT2D eigenvalue weighted by Crippen LogP contribution is -2.16. The molecule has 0 aromatic heterocycles. The van der Waals surface area contributed by atoms with Crippen molar-refractivity contribution < 1.29 is 13.6 Å². The summed E-state index contributed by atoms with van der Waals surface area (Å²) in [4.78, 5) is 2.31. The van der Waals surface area contributed by atoms with Crippen LogP contribution in [0.15, 0.2) is 12.2 Å². The van der Waals surface area contributed by atoms with Crippen LogP contribution < -0.4 is 0 Å². The monoisotopic (exact) mass is 257 g/mol. The number of rotatable bonds is 6. The Hall–Kier alpha value is -0.150. The second-order valence-electron chi connectivity index (χ2n) is 5.03. The average molecular weight is 257 g/mol. The summed E-state index contributed by atoms with van der Waals surface area (Å²) in [6.07, 6.45) is 6.40. The van der Waals surface area contributed by atoms with Crippen molar-refractivity contribution in [3.8, 4) is 0 Å². The Kier molecular flexibility index (Phi) is 2.94. The summed E-state index contributed by atoms with van der Waals surface area (Å²) in [6.45, 7) is 4.62. The zero-order valence-electron chi connectivity index (χ0n) is 10.4. The first-order valence-corrected chi connectivity index (χ1v) is 8.23. The van der Waals surface area contributed by atoms with E-state index >= 15 is 0 Å². The Morgan fingerprint density at radius 3 is 2.18 bits per heavy atom. The summed E-state index contributed by atoms with van der Waals surface area (Å²) in [5, 5.41) is 0. The third-order valence-corrected chi connectivity index (χ3v) is 6.02. The first kappa shape index (κ1) is 11.9. The van der Waals surface area contributed by atoms with E-state index < -0.39 is 7.60 Å². The summed E-state index contributed by atoms with van der Waals surface area (Å²) >= 11 is 0. The molecule has 0 amide bonds. The molecule has 3 aliphatic rings. The van der Waals surface area contributed by atoms with Crippen LogP contribution in [0.4, 0.5) is 0 Å². The number of likely N-dealkylation sites (tertiary alicyclic amines) is 1. The first-order valence-electron chi connectivity index (χ1n) is 6.50. The van der Waals surface area contributed by atoms with Crippen molar-refractivity contribution in [3.05, 3.63) is 12.2 Å². The third kappa shape index (κ3) is 1.91. The molecule has 1 unspecified atom stereocenters. The lowest BCUT2D eigenvalue weighted by Gasteiger charge is -2.20. The molecule has 1 saturated carbocycles. The SMILES string of the molecule is CCOP(=O)(CN1[C@@H]2[C@H]1[C@H]1C=C[C@@H]2C1)OCC. The van der Waals surface area contributed by atoms with E-state index in [1.165, 1.54) is 6.42 Å². The Labute approximate surface area is 102 Å². The number of piperidine rings is 1. The summed E-state index contributed by atoms with van der Waals surface area (Å²) in [6, 6.07) is 1.22. The van der Waals surface area contributed by atoms with E-state index in [4.69, 9.17) is 9.05 Å². The van der Waals surface area contributed by atoms with Gasteiger partial charge in [-0.3, -0.25) is 9.46 Å². The average Bonchev–Trinajstić information content (AvgIpc) is 2.71. The van der Waals surface area contributed by atoms with Crippen molar-refractivity contribution in [2.24, 2.45) is 11.8 Å². The molecule has 0 aromatic carbocycles. The van der Waals surface area contributed by atoms with Gasteiger partial charge in [-0.25, -0.2) is 0 Å². The zero-order chi connectivity index (χ0) is 12.0. The molecular weight excluding hydrogens is 237 g/mol. The second kappa shape index (κ2) is 4.20.